The zero-order valence-electron chi connectivity index (χ0n) is 36.6. The SMILES string of the molecule is CC(C)(C)OC(=O)N1CCCC1c1ncc(-c2ccc3c(c2)OC(c2cccc(-c4ccccc4)c2)n2c-3cc3cc(-c4cnc([C@@H]5CCCN5C(=O)OC(C)(C)C)[nH]4)ccc32)[nH]1. The van der Waals surface area contributed by atoms with Crippen LogP contribution >= 0.6 is 0 Å². The second-order valence-corrected chi connectivity index (χ2v) is 18.9. The van der Waals surface area contributed by atoms with Crippen molar-refractivity contribution in [2.24, 2.45) is 0 Å². The largest absolute Gasteiger partial charge is 0.465 e. The average molecular weight is 844 g/mol. The van der Waals surface area contributed by atoms with Crippen LogP contribution in [0.1, 0.15) is 103 Å². The van der Waals surface area contributed by atoms with Crippen LogP contribution < -0.4 is 4.74 Å². The number of aromatic nitrogens is 5. The Labute approximate surface area is 367 Å². The van der Waals surface area contributed by atoms with Gasteiger partial charge in [-0.25, -0.2) is 19.6 Å². The molecule has 0 saturated carbocycles. The Morgan fingerprint density at radius 3 is 1.86 bits per heavy atom. The first kappa shape index (κ1) is 40.3. The highest BCUT2D eigenvalue weighted by molar-refractivity contribution is 5.92. The third-order valence-electron chi connectivity index (χ3n) is 12.1. The number of nitrogens with zero attached hydrogens (tertiary/aromatic N) is 5. The molecule has 3 aliphatic rings. The highest BCUT2D eigenvalue weighted by Crippen LogP contribution is 2.47. The molecule has 12 heteroatoms. The van der Waals surface area contributed by atoms with Gasteiger partial charge in [0.05, 0.1) is 47.1 Å². The van der Waals surface area contributed by atoms with Crippen molar-refractivity contribution in [2.45, 2.75) is 96.7 Å². The van der Waals surface area contributed by atoms with Crippen LogP contribution in [-0.4, -0.2) is 70.8 Å². The van der Waals surface area contributed by atoms with E-state index in [0.29, 0.717) is 13.1 Å². The van der Waals surface area contributed by atoms with E-state index in [9.17, 15) is 9.59 Å². The summed E-state index contributed by atoms with van der Waals surface area (Å²) < 4.78 is 20.9. The summed E-state index contributed by atoms with van der Waals surface area (Å²) >= 11 is 0. The summed E-state index contributed by atoms with van der Waals surface area (Å²) in [7, 11) is 0. The van der Waals surface area contributed by atoms with Crippen molar-refractivity contribution in [1.29, 1.82) is 0 Å². The minimum atomic E-state index is -0.580. The van der Waals surface area contributed by atoms with Gasteiger partial charge in [0.15, 0.2) is 0 Å². The number of H-pyrrole nitrogens is 2. The Kier molecular flexibility index (Phi) is 9.92. The molecule has 322 valence electrons. The zero-order chi connectivity index (χ0) is 43.6. The molecule has 3 aromatic heterocycles. The molecule has 2 fully saturated rings. The number of benzene rings is 4. The Morgan fingerprint density at radius 1 is 0.651 bits per heavy atom. The van der Waals surface area contributed by atoms with Crippen molar-refractivity contribution in [3.8, 4) is 50.6 Å². The third-order valence-corrected chi connectivity index (χ3v) is 12.1. The van der Waals surface area contributed by atoms with E-state index in [-0.39, 0.29) is 24.3 Å². The topological polar surface area (TPSA) is 131 Å². The summed E-state index contributed by atoms with van der Waals surface area (Å²) in [6, 6.07) is 33.6. The second kappa shape index (κ2) is 15.5. The number of hydrogen-bond acceptors (Lipinski definition) is 7. The minimum absolute atomic E-state index is 0.173. The number of carbonyl (C=O) groups excluding carboxylic acids is 2. The van der Waals surface area contributed by atoms with E-state index in [2.05, 4.69) is 106 Å². The number of rotatable bonds is 6. The molecule has 7 aromatic rings. The van der Waals surface area contributed by atoms with Gasteiger partial charge < -0.3 is 28.7 Å². The molecule has 2 N–H and O–H groups in total. The standard InChI is InChI=1S/C51H53N7O5/c1-50(2,3)62-48(59)56-23-11-17-41(56)45-52-29-38(54-45)33-20-22-40-36(26-33)27-43-37-21-19-34(39-30-53-46(55-39)42-18-12-24-57(42)49(60)63-51(4,5)6)28-44(37)61-47(58(40)43)35-16-10-15-32(25-35)31-13-8-7-9-14-31/h7-10,13-16,19-22,25-30,41-42,47H,11-12,17-18,23-24H2,1-6H3,(H,52,54)(H,53,55)/t41-,42?,47?/m0/s1. The highest BCUT2D eigenvalue weighted by atomic mass is 16.6. The second-order valence-electron chi connectivity index (χ2n) is 18.9. The van der Waals surface area contributed by atoms with Crippen LogP contribution in [0.15, 0.2) is 109 Å². The van der Waals surface area contributed by atoms with Crippen LogP contribution in [0, 0.1) is 0 Å². The first-order valence-electron chi connectivity index (χ1n) is 22.0. The molecule has 4 aromatic carbocycles. The molecule has 2 amide bonds. The maximum Gasteiger partial charge on any atom is 0.410 e. The minimum Gasteiger partial charge on any atom is -0.465 e. The molecule has 0 bridgehead atoms. The lowest BCUT2D eigenvalue weighted by Gasteiger charge is -2.31. The molecule has 0 spiro atoms. The number of imidazole rings is 2. The van der Waals surface area contributed by atoms with Crippen LogP contribution in [0.5, 0.6) is 5.75 Å². The average Bonchev–Trinajstić information content (AvgIpc) is 4.11. The summed E-state index contributed by atoms with van der Waals surface area (Å²) in [6.07, 6.45) is 6.00. The van der Waals surface area contributed by atoms with Gasteiger partial charge in [-0.2, -0.15) is 0 Å². The van der Waals surface area contributed by atoms with Crippen molar-refractivity contribution < 1.29 is 23.8 Å². The number of likely N-dealkylation sites (tertiary alicyclic amines) is 2. The van der Waals surface area contributed by atoms with Gasteiger partial charge in [-0.1, -0.05) is 60.7 Å². The number of carbonyl (C=O) groups is 2. The number of ether oxygens (including phenoxy) is 3. The van der Waals surface area contributed by atoms with Gasteiger partial charge in [0.2, 0.25) is 6.23 Å². The van der Waals surface area contributed by atoms with Crippen molar-refractivity contribution in [3.05, 3.63) is 127 Å². The van der Waals surface area contributed by atoms with Gasteiger partial charge in [-0.3, -0.25) is 9.80 Å². The predicted molar refractivity (Wildman–Crippen MR) is 243 cm³/mol. The molecule has 6 heterocycles. The number of hydrogen-bond donors (Lipinski definition) is 2. The molecular formula is C51H53N7O5. The Bertz CT molecular complexity index is 2840. The Morgan fingerprint density at radius 2 is 1.24 bits per heavy atom. The number of nitrogens with one attached hydrogen (secondary N) is 2. The molecule has 0 radical (unpaired) electrons. The highest BCUT2D eigenvalue weighted by Gasteiger charge is 2.37. The van der Waals surface area contributed by atoms with Crippen molar-refractivity contribution >= 4 is 23.1 Å². The molecule has 10 rings (SSSR count). The summed E-state index contributed by atoms with van der Waals surface area (Å²) in [6.45, 7) is 12.6. The summed E-state index contributed by atoms with van der Waals surface area (Å²) in [4.78, 5) is 46.5. The molecule has 2 unspecified atom stereocenters. The van der Waals surface area contributed by atoms with E-state index in [1.165, 1.54) is 0 Å². The van der Waals surface area contributed by atoms with Crippen LogP contribution in [0.3, 0.4) is 0 Å². The van der Waals surface area contributed by atoms with Crippen molar-refractivity contribution in [3.63, 3.8) is 0 Å². The van der Waals surface area contributed by atoms with E-state index in [4.69, 9.17) is 24.2 Å². The third kappa shape index (κ3) is 7.83. The van der Waals surface area contributed by atoms with Gasteiger partial charge >= 0.3 is 12.2 Å². The maximum atomic E-state index is 13.1. The van der Waals surface area contributed by atoms with E-state index in [0.717, 1.165) is 104 Å². The smallest absolute Gasteiger partial charge is 0.410 e. The molecular weight excluding hydrogens is 791 g/mol. The molecule has 12 nitrogen and oxygen atoms in total. The lowest BCUT2D eigenvalue weighted by atomic mass is 10.0. The van der Waals surface area contributed by atoms with Crippen LogP contribution in [0.2, 0.25) is 0 Å². The first-order chi connectivity index (χ1) is 30.3. The van der Waals surface area contributed by atoms with E-state index < -0.39 is 17.4 Å². The van der Waals surface area contributed by atoms with E-state index in [1.807, 2.05) is 60.0 Å². The van der Waals surface area contributed by atoms with Gasteiger partial charge in [-0.05, 0) is 115 Å². The predicted octanol–water partition coefficient (Wildman–Crippen LogP) is 11.8. The van der Waals surface area contributed by atoms with Gasteiger partial charge in [0.1, 0.15) is 28.6 Å². The van der Waals surface area contributed by atoms with Crippen LogP contribution in [0.25, 0.3) is 55.8 Å². The fourth-order valence-electron chi connectivity index (χ4n) is 9.24. The number of fused-ring (bicyclic) bond motifs is 5. The molecule has 63 heavy (non-hydrogen) atoms. The van der Waals surface area contributed by atoms with Crippen molar-refractivity contribution in [1.82, 2.24) is 34.3 Å². The molecule has 2 saturated heterocycles. The van der Waals surface area contributed by atoms with E-state index >= 15 is 0 Å². The Balaban J connectivity index is 1.00. The maximum absolute atomic E-state index is 13.1. The molecule has 3 atom stereocenters. The quantitative estimate of drug-likeness (QED) is 0.170. The fourth-order valence-corrected chi connectivity index (χ4v) is 9.24. The van der Waals surface area contributed by atoms with Gasteiger partial charge in [0.25, 0.3) is 0 Å². The first-order valence-corrected chi connectivity index (χ1v) is 22.0. The Hall–Kier alpha value is -6.82. The number of aromatic amines is 2. The summed E-state index contributed by atoms with van der Waals surface area (Å²) in [5.74, 6) is 2.26. The lowest BCUT2D eigenvalue weighted by Crippen LogP contribution is -2.36. The van der Waals surface area contributed by atoms with E-state index in [1.54, 1.807) is 9.80 Å². The molecule has 3 aliphatic heterocycles. The van der Waals surface area contributed by atoms with Crippen LogP contribution in [0.4, 0.5) is 9.59 Å². The van der Waals surface area contributed by atoms with Crippen molar-refractivity contribution in [2.75, 3.05) is 13.1 Å². The fraction of sp³-hybridized carbons (Fsp3) is 0.333. The lowest BCUT2D eigenvalue weighted by molar-refractivity contribution is 0.0208. The monoisotopic (exact) mass is 843 g/mol. The zero-order valence-corrected chi connectivity index (χ0v) is 36.6. The van der Waals surface area contributed by atoms with Gasteiger partial charge in [0, 0.05) is 40.7 Å². The summed E-state index contributed by atoms with van der Waals surface area (Å²) in [5, 5.41) is 1.06. The number of amides is 2. The molecule has 0 aliphatic carbocycles. The normalized spacial score (nSPS) is 18.6. The van der Waals surface area contributed by atoms with Crippen LogP contribution in [-0.2, 0) is 9.47 Å². The van der Waals surface area contributed by atoms with Gasteiger partial charge in [-0.15, -0.1) is 0 Å². The summed E-state index contributed by atoms with van der Waals surface area (Å²) in [5.41, 5.74) is 8.81.